The van der Waals surface area contributed by atoms with E-state index in [2.05, 4.69) is 15.4 Å². The van der Waals surface area contributed by atoms with Crippen molar-refractivity contribution in [3.05, 3.63) is 47.8 Å². The summed E-state index contributed by atoms with van der Waals surface area (Å²) in [5.41, 5.74) is 4.85. The molecule has 0 atom stereocenters. The average Bonchev–Trinajstić information content (AvgIpc) is 2.53. The molecule has 1 heterocycles. The minimum Gasteiger partial charge on any atom is -0.494 e. The molecule has 0 saturated carbocycles. The Bertz CT molecular complexity index is 616. The van der Waals surface area contributed by atoms with E-state index in [4.69, 9.17) is 15.3 Å². The fraction of sp³-hybridized carbons (Fsp3) is 0.200. The van der Waals surface area contributed by atoms with E-state index < -0.39 is 0 Å². The van der Waals surface area contributed by atoms with Crippen molar-refractivity contribution in [3.8, 4) is 11.5 Å². The molecule has 0 amide bonds. The van der Waals surface area contributed by atoms with Gasteiger partial charge in [-0.1, -0.05) is 6.07 Å². The Morgan fingerprint density at radius 3 is 2.29 bits per heavy atom. The van der Waals surface area contributed by atoms with Crippen LogP contribution in [-0.2, 0) is 0 Å². The third kappa shape index (κ3) is 3.29. The number of benzene rings is 1. The van der Waals surface area contributed by atoms with E-state index in [-0.39, 0.29) is 0 Å². The summed E-state index contributed by atoms with van der Waals surface area (Å²) < 4.78 is 10.6. The smallest absolute Gasteiger partial charge is 0.149 e. The maximum absolute atomic E-state index is 5.58. The van der Waals surface area contributed by atoms with Crippen molar-refractivity contribution in [3.63, 3.8) is 0 Å². The minimum absolute atomic E-state index is 0.477. The number of para-hydroxylation sites is 1. The Morgan fingerprint density at radius 2 is 1.81 bits per heavy atom. The first-order valence-corrected chi connectivity index (χ1v) is 6.39. The molecule has 110 valence electrons. The van der Waals surface area contributed by atoms with E-state index in [0.717, 1.165) is 11.3 Å². The number of hydrogen-bond acceptors (Lipinski definition) is 5. The normalized spacial score (nSPS) is 11.1. The number of aliphatic imine (C=N–C) groups is 1. The van der Waals surface area contributed by atoms with Gasteiger partial charge in [-0.15, -0.1) is 0 Å². The van der Waals surface area contributed by atoms with Crippen molar-refractivity contribution in [2.24, 2.45) is 10.8 Å². The SMILES string of the molecule is COc1cccc(OC)c1/N=C(\NN)c1ccc(C)nc1. The van der Waals surface area contributed by atoms with Gasteiger partial charge >= 0.3 is 0 Å². The number of nitrogens with one attached hydrogen (secondary N) is 1. The van der Waals surface area contributed by atoms with Gasteiger partial charge in [-0.2, -0.15) is 0 Å². The van der Waals surface area contributed by atoms with E-state index >= 15 is 0 Å². The summed E-state index contributed by atoms with van der Waals surface area (Å²) in [6, 6.07) is 9.23. The number of nitrogens with zero attached hydrogens (tertiary/aromatic N) is 2. The van der Waals surface area contributed by atoms with Gasteiger partial charge in [-0.25, -0.2) is 10.8 Å². The Balaban J connectivity index is 2.51. The van der Waals surface area contributed by atoms with Crippen LogP contribution < -0.4 is 20.7 Å². The van der Waals surface area contributed by atoms with Gasteiger partial charge in [0.05, 0.1) is 14.2 Å². The number of amidine groups is 1. The maximum atomic E-state index is 5.58. The summed E-state index contributed by atoms with van der Waals surface area (Å²) >= 11 is 0. The molecule has 0 aliphatic carbocycles. The quantitative estimate of drug-likeness (QED) is 0.388. The van der Waals surface area contributed by atoms with Gasteiger partial charge in [-0.05, 0) is 31.2 Å². The summed E-state index contributed by atoms with van der Waals surface area (Å²) in [5, 5.41) is 0. The highest BCUT2D eigenvalue weighted by molar-refractivity contribution is 6.00. The van der Waals surface area contributed by atoms with Crippen molar-refractivity contribution in [2.75, 3.05) is 14.2 Å². The zero-order chi connectivity index (χ0) is 15.2. The second-order valence-electron chi connectivity index (χ2n) is 4.30. The summed E-state index contributed by atoms with van der Waals surface area (Å²) in [5.74, 6) is 7.26. The van der Waals surface area contributed by atoms with E-state index in [9.17, 15) is 0 Å². The van der Waals surface area contributed by atoms with E-state index in [1.807, 2.05) is 37.3 Å². The van der Waals surface area contributed by atoms with Crippen LogP contribution >= 0.6 is 0 Å². The molecule has 6 nitrogen and oxygen atoms in total. The molecule has 0 saturated heterocycles. The van der Waals surface area contributed by atoms with Crippen LogP contribution in [0.15, 0.2) is 41.5 Å². The van der Waals surface area contributed by atoms with Crippen LogP contribution in [-0.4, -0.2) is 25.0 Å². The molecule has 1 aromatic carbocycles. The second-order valence-corrected chi connectivity index (χ2v) is 4.30. The monoisotopic (exact) mass is 286 g/mol. The standard InChI is InChI=1S/C15H18N4O2/c1-10-7-8-11(9-17-10)15(19-16)18-14-12(20-2)5-4-6-13(14)21-3/h4-9H,16H2,1-3H3,(H,18,19). The number of aromatic nitrogens is 1. The van der Waals surface area contributed by atoms with Gasteiger partial charge in [0.15, 0.2) is 0 Å². The summed E-state index contributed by atoms with van der Waals surface area (Å²) in [4.78, 5) is 8.74. The molecule has 6 heteroatoms. The third-order valence-corrected chi connectivity index (χ3v) is 2.95. The Labute approximate surface area is 123 Å². The molecule has 21 heavy (non-hydrogen) atoms. The van der Waals surface area contributed by atoms with Crippen LogP contribution in [0.2, 0.25) is 0 Å². The van der Waals surface area contributed by atoms with Gasteiger partial charge in [0.2, 0.25) is 0 Å². The molecule has 0 fully saturated rings. The summed E-state index contributed by atoms with van der Waals surface area (Å²) in [7, 11) is 3.16. The zero-order valence-corrected chi connectivity index (χ0v) is 12.3. The number of pyridine rings is 1. The molecular weight excluding hydrogens is 268 g/mol. The van der Waals surface area contributed by atoms with Gasteiger partial charge < -0.3 is 14.9 Å². The van der Waals surface area contributed by atoms with Crippen molar-refractivity contribution >= 4 is 11.5 Å². The van der Waals surface area contributed by atoms with Crippen molar-refractivity contribution in [1.82, 2.24) is 10.4 Å². The number of nitrogens with two attached hydrogens (primary N) is 1. The number of methoxy groups -OCH3 is 2. The lowest BCUT2D eigenvalue weighted by Gasteiger charge is -2.11. The summed E-state index contributed by atoms with van der Waals surface area (Å²) in [6.45, 7) is 1.92. The van der Waals surface area contributed by atoms with Crippen LogP contribution in [0.3, 0.4) is 0 Å². The molecule has 0 unspecified atom stereocenters. The van der Waals surface area contributed by atoms with Gasteiger partial charge in [0, 0.05) is 17.5 Å². The molecule has 0 aliphatic heterocycles. The molecule has 1 aromatic heterocycles. The number of hydrogen-bond donors (Lipinski definition) is 2. The van der Waals surface area contributed by atoms with Crippen molar-refractivity contribution < 1.29 is 9.47 Å². The van der Waals surface area contributed by atoms with Crippen LogP contribution in [0.4, 0.5) is 5.69 Å². The molecule has 0 radical (unpaired) electrons. The topological polar surface area (TPSA) is 81.8 Å². The van der Waals surface area contributed by atoms with Crippen molar-refractivity contribution in [1.29, 1.82) is 0 Å². The highest BCUT2D eigenvalue weighted by Crippen LogP contribution is 2.37. The molecule has 2 aromatic rings. The number of ether oxygens (including phenoxy) is 2. The van der Waals surface area contributed by atoms with Gasteiger partial charge in [0.1, 0.15) is 23.0 Å². The lowest BCUT2D eigenvalue weighted by molar-refractivity contribution is 0.397. The summed E-state index contributed by atoms with van der Waals surface area (Å²) in [6.07, 6.45) is 1.70. The first-order valence-electron chi connectivity index (χ1n) is 6.39. The number of aryl methyl sites for hydroxylation is 1. The van der Waals surface area contributed by atoms with Gasteiger partial charge in [0.25, 0.3) is 0 Å². The molecule has 0 bridgehead atoms. The largest absolute Gasteiger partial charge is 0.494 e. The Morgan fingerprint density at radius 1 is 1.14 bits per heavy atom. The first-order chi connectivity index (χ1) is 10.2. The van der Waals surface area contributed by atoms with Crippen LogP contribution in [0.5, 0.6) is 11.5 Å². The van der Waals surface area contributed by atoms with Crippen LogP contribution in [0, 0.1) is 6.92 Å². The lowest BCUT2D eigenvalue weighted by Crippen LogP contribution is -2.31. The minimum atomic E-state index is 0.477. The average molecular weight is 286 g/mol. The van der Waals surface area contributed by atoms with Crippen LogP contribution in [0.1, 0.15) is 11.3 Å². The van der Waals surface area contributed by atoms with Gasteiger partial charge in [-0.3, -0.25) is 4.98 Å². The third-order valence-electron chi connectivity index (χ3n) is 2.95. The number of rotatable bonds is 4. The molecule has 0 spiro atoms. The Kier molecular flexibility index (Phi) is 4.73. The van der Waals surface area contributed by atoms with E-state index in [1.165, 1.54) is 0 Å². The zero-order valence-electron chi connectivity index (χ0n) is 12.3. The second kappa shape index (κ2) is 6.71. The van der Waals surface area contributed by atoms with E-state index in [0.29, 0.717) is 23.0 Å². The predicted octanol–water partition coefficient (Wildman–Crippen LogP) is 1.95. The predicted molar refractivity (Wildman–Crippen MR) is 82.0 cm³/mol. The number of hydrazine groups is 1. The fourth-order valence-corrected chi connectivity index (χ4v) is 1.84. The molecule has 0 aliphatic rings. The first kappa shape index (κ1) is 14.8. The maximum Gasteiger partial charge on any atom is 0.149 e. The highest BCUT2D eigenvalue weighted by atomic mass is 16.5. The molecular formula is C15H18N4O2. The van der Waals surface area contributed by atoms with Crippen LogP contribution in [0.25, 0.3) is 0 Å². The van der Waals surface area contributed by atoms with Crippen molar-refractivity contribution in [2.45, 2.75) is 6.92 Å². The Hall–Kier alpha value is -2.60. The molecule has 3 N–H and O–H groups in total. The fourth-order valence-electron chi connectivity index (χ4n) is 1.84. The lowest BCUT2D eigenvalue weighted by atomic mass is 10.2. The highest BCUT2D eigenvalue weighted by Gasteiger charge is 2.11. The molecule has 2 rings (SSSR count). The van der Waals surface area contributed by atoms with E-state index in [1.54, 1.807) is 20.4 Å².